The molecule has 0 atom stereocenters. The van der Waals surface area contributed by atoms with Crippen molar-refractivity contribution in [1.29, 1.82) is 0 Å². The van der Waals surface area contributed by atoms with Crippen molar-refractivity contribution in [2.24, 2.45) is 5.16 Å². The summed E-state index contributed by atoms with van der Waals surface area (Å²) in [5.41, 5.74) is 5.35. The van der Waals surface area contributed by atoms with Crippen LogP contribution in [0.1, 0.15) is 57.4 Å². The zero-order chi connectivity index (χ0) is 29.7. The lowest BCUT2D eigenvalue weighted by Crippen LogP contribution is -2.32. The summed E-state index contributed by atoms with van der Waals surface area (Å²) >= 11 is 6.75. The SMILES string of the molecule is Cc1cc(C)c2c(c1Cl)CC(=N\OCC(=O)N(Cc1ccccc1)Cc1ccccc1)/C=C/CC/C=C/CCOC2=O. The number of cyclic esters (lactones) is 1. The molecule has 0 N–H and O–H groups in total. The number of oxime groups is 1. The number of rotatable bonds is 7. The van der Waals surface area contributed by atoms with Gasteiger partial charge < -0.3 is 14.5 Å². The summed E-state index contributed by atoms with van der Waals surface area (Å²) < 4.78 is 5.57. The van der Waals surface area contributed by atoms with E-state index < -0.39 is 5.97 Å². The summed E-state index contributed by atoms with van der Waals surface area (Å²) in [6, 6.07) is 21.6. The summed E-state index contributed by atoms with van der Waals surface area (Å²) in [6.07, 6.45) is 10.6. The Bertz CT molecular complexity index is 1410. The van der Waals surface area contributed by atoms with E-state index in [2.05, 4.69) is 11.2 Å². The minimum absolute atomic E-state index is 0.184. The smallest absolute Gasteiger partial charge is 0.338 e. The van der Waals surface area contributed by atoms with Crippen LogP contribution in [-0.4, -0.2) is 35.7 Å². The second-order valence-corrected chi connectivity index (χ2v) is 10.7. The third-order valence-electron chi connectivity index (χ3n) is 6.95. The van der Waals surface area contributed by atoms with E-state index in [-0.39, 0.29) is 18.9 Å². The van der Waals surface area contributed by atoms with E-state index in [1.54, 1.807) is 4.90 Å². The van der Waals surface area contributed by atoms with E-state index in [0.717, 1.165) is 35.1 Å². The first kappa shape index (κ1) is 30.8. The van der Waals surface area contributed by atoms with Crippen LogP contribution in [-0.2, 0) is 33.9 Å². The summed E-state index contributed by atoms with van der Waals surface area (Å²) in [5.74, 6) is -0.595. The molecule has 4 rings (SSSR count). The lowest BCUT2D eigenvalue weighted by atomic mass is 9.94. The molecule has 0 saturated carbocycles. The zero-order valence-corrected chi connectivity index (χ0v) is 25.0. The number of carbonyl (C=O) groups is 2. The van der Waals surface area contributed by atoms with Gasteiger partial charge in [0, 0.05) is 24.5 Å². The summed E-state index contributed by atoms with van der Waals surface area (Å²) in [4.78, 5) is 33.9. The van der Waals surface area contributed by atoms with Gasteiger partial charge in [-0.05, 0) is 67.0 Å². The molecule has 6 nitrogen and oxygen atoms in total. The lowest BCUT2D eigenvalue weighted by Gasteiger charge is -2.22. The second kappa shape index (κ2) is 15.7. The van der Waals surface area contributed by atoms with Gasteiger partial charge in [0.25, 0.3) is 5.91 Å². The number of ether oxygens (including phenoxy) is 1. The third kappa shape index (κ3) is 8.92. The minimum Gasteiger partial charge on any atom is -0.462 e. The van der Waals surface area contributed by atoms with Gasteiger partial charge in [-0.15, -0.1) is 0 Å². The molecule has 0 spiro atoms. The Kier molecular flexibility index (Phi) is 11.5. The third-order valence-corrected chi connectivity index (χ3v) is 7.48. The molecule has 0 bridgehead atoms. The molecule has 0 fully saturated rings. The molecule has 42 heavy (non-hydrogen) atoms. The second-order valence-electron chi connectivity index (χ2n) is 10.3. The molecule has 1 heterocycles. The Hall–Kier alpha value is -4.16. The number of amides is 1. The Morgan fingerprint density at radius 1 is 0.905 bits per heavy atom. The van der Waals surface area contributed by atoms with Crippen molar-refractivity contribution in [2.75, 3.05) is 13.2 Å². The number of fused-ring (bicyclic) bond motifs is 1. The minimum atomic E-state index is -0.410. The number of benzene rings is 3. The average molecular weight is 585 g/mol. The van der Waals surface area contributed by atoms with Crippen molar-refractivity contribution in [3.63, 3.8) is 0 Å². The van der Waals surface area contributed by atoms with Gasteiger partial charge >= 0.3 is 5.97 Å². The van der Waals surface area contributed by atoms with E-state index in [1.807, 2.05) is 98.8 Å². The van der Waals surface area contributed by atoms with Crippen LogP contribution in [0.3, 0.4) is 0 Å². The first-order valence-corrected chi connectivity index (χ1v) is 14.6. The van der Waals surface area contributed by atoms with Crippen molar-refractivity contribution < 1.29 is 19.2 Å². The first-order chi connectivity index (χ1) is 20.4. The first-order valence-electron chi connectivity index (χ1n) is 14.2. The number of aryl methyl sites for hydroxylation is 2. The van der Waals surface area contributed by atoms with Crippen LogP contribution in [0, 0.1) is 13.8 Å². The van der Waals surface area contributed by atoms with E-state index in [9.17, 15) is 9.59 Å². The van der Waals surface area contributed by atoms with Crippen LogP contribution in [0.15, 0.2) is 96.2 Å². The molecule has 218 valence electrons. The number of hydrogen-bond donors (Lipinski definition) is 0. The maximum atomic E-state index is 13.4. The number of esters is 1. The molecule has 1 aliphatic rings. The molecule has 1 amide bonds. The van der Waals surface area contributed by atoms with Gasteiger partial charge in [-0.1, -0.05) is 102 Å². The maximum absolute atomic E-state index is 13.4. The standard InChI is InChI=1S/C35H37ClN2O4/c1-26-21-27(2)34(36)31-22-30(19-13-5-3-4-6-14-20-41-35(40)33(26)31)37-42-25-32(39)38(23-28-15-9-7-10-16-28)24-29-17-11-8-12-18-29/h4,6-13,15-19,21H,3,5,14,20,22-25H2,1-2H3/b6-4+,19-13+,37-30-. The highest BCUT2D eigenvalue weighted by molar-refractivity contribution is 6.33. The van der Waals surface area contributed by atoms with Gasteiger partial charge in [-0.3, -0.25) is 4.79 Å². The van der Waals surface area contributed by atoms with Crippen molar-refractivity contribution in [2.45, 2.75) is 52.6 Å². The van der Waals surface area contributed by atoms with Gasteiger partial charge in [0.15, 0.2) is 6.61 Å². The van der Waals surface area contributed by atoms with Crippen LogP contribution in [0.2, 0.25) is 5.02 Å². The summed E-state index contributed by atoms with van der Waals surface area (Å²) in [5, 5.41) is 4.86. The quantitative estimate of drug-likeness (QED) is 0.163. The van der Waals surface area contributed by atoms with E-state index in [0.29, 0.717) is 48.0 Å². The zero-order valence-electron chi connectivity index (χ0n) is 24.2. The van der Waals surface area contributed by atoms with Gasteiger partial charge in [0.2, 0.25) is 0 Å². The summed E-state index contributed by atoms with van der Waals surface area (Å²) in [7, 11) is 0. The Balaban J connectivity index is 1.57. The normalized spacial score (nSPS) is 16.5. The molecule has 0 aliphatic carbocycles. The predicted molar refractivity (Wildman–Crippen MR) is 168 cm³/mol. The van der Waals surface area contributed by atoms with E-state index in [1.165, 1.54) is 0 Å². The molecule has 3 aromatic rings. The molecular formula is C35H37ClN2O4. The number of hydrogen-bond acceptors (Lipinski definition) is 5. The molecule has 3 aromatic carbocycles. The highest BCUT2D eigenvalue weighted by Crippen LogP contribution is 2.29. The fourth-order valence-corrected chi connectivity index (χ4v) is 5.06. The predicted octanol–water partition coefficient (Wildman–Crippen LogP) is 7.55. The lowest BCUT2D eigenvalue weighted by molar-refractivity contribution is -0.137. The topological polar surface area (TPSA) is 68.2 Å². The Morgan fingerprint density at radius 2 is 1.52 bits per heavy atom. The molecule has 7 heteroatoms. The van der Waals surface area contributed by atoms with Crippen molar-refractivity contribution in [1.82, 2.24) is 4.90 Å². The molecule has 0 saturated heterocycles. The highest BCUT2D eigenvalue weighted by atomic mass is 35.5. The number of allylic oxidation sites excluding steroid dienone is 3. The molecule has 0 aromatic heterocycles. The molecule has 0 unspecified atom stereocenters. The van der Waals surface area contributed by atoms with Crippen LogP contribution >= 0.6 is 11.6 Å². The highest BCUT2D eigenvalue weighted by Gasteiger charge is 2.22. The van der Waals surface area contributed by atoms with Crippen molar-refractivity contribution in [3.05, 3.63) is 129 Å². The number of nitrogens with zero attached hydrogens (tertiary/aromatic N) is 2. The van der Waals surface area contributed by atoms with Gasteiger partial charge in [-0.25, -0.2) is 4.79 Å². The van der Waals surface area contributed by atoms with Crippen LogP contribution in [0.25, 0.3) is 0 Å². The van der Waals surface area contributed by atoms with Crippen LogP contribution in [0.4, 0.5) is 0 Å². The largest absolute Gasteiger partial charge is 0.462 e. The van der Waals surface area contributed by atoms with Gasteiger partial charge in [-0.2, -0.15) is 0 Å². The van der Waals surface area contributed by atoms with Gasteiger partial charge in [0.1, 0.15) is 0 Å². The number of halogens is 1. The fourth-order valence-electron chi connectivity index (χ4n) is 4.84. The molecule has 1 aliphatic heterocycles. The molecular weight excluding hydrogens is 548 g/mol. The van der Waals surface area contributed by atoms with Gasteiger partial charge in [0.05, 0.1) is 17.9 Å². The maximum Gasteiger partial charge on any atom is 0.338 e. The average Bonchev–Trinajstić information content (AvgIpc) is 2.99. The van der Waals surface area contributed by atoms with Crippen molar-refractivity contribution in [3.8, 4) is 0 Å². The monoisotopic (exact) mass is 584 g/mol. The Morgan fingerprint density at radius 3 is 2.19 bits per heavy atom. The number of carbonyl (C=O) groups excluding carboxylic acids is 2. The summed E-state index contributed by atoms with van der Waals surface area (Å²) in [6.45, 7) is 4.76. The van der Waals surface area contributed by atoms with Crippen LogP contribution < -0.4 is 0 Å². The fraction of sp³-hybridized carbons (Fsp3) is 0.286. The Labute approximate surface area is 253 Å². The van der Waals surface area contributed by atoms with E-state index >= 15 is 0 Å². The van der Waals surface area contributed by atoms with Crippen molar-refractivity contribution >= 4 is 29.2 Å². The molecule has 0 radical (unpaired) electrons. The van der Waals surface area contributed by atoms with Crippen LogP contribution in [0.5, 0.6) is 0 Å². The van der Waals surface area contributed by atoms with E-state index in [4.69, 9.17) is 21.2 Å².